The molecule has 6 heteroatoms. The van der Waals surface area contributed by atoms with E-state index in [0.717, 1.165) is 40.1 Å². The van der Waals surface area contributed by atoms with Gasteiger partial charge in [-0.1, -0.05) is 82.3 Å². The molecule has 0 spiro atoms. The van der Waals surface area contributed by atoms with Crippen LogP contribution in [-0.2, 0) is 17.9 Å². The molecule has 0 aliphatic heterocycles. The summed E-state index contributed by atoms with van der Waals surface area (Å²) in [5, 5.41) is 5.25. The van der Waals surface area contributed by atoms with Crippen LogP contribution in [0.25, 0.3) is 0 Å². The molecule has 1 heterocycles. The Bertz CT molecular complexity index is 1130. The topological polar surface area (TPSA) is 52.7 Å². The Kier molecular flexibility index (Phi) is 8.47. The summed E-state index contributed by atoms with van der Waals surface area (Å²) in [4.78, 5) is 32.0. The predicted molar refractivity (Wildman–Crippen MR) is 148 cm³/mol. The van der Waals surface area contributed by atoms with Crippen molar-refractivity contribution < 1.29 is 9.59 Å². The van der Waals surface area contributed by atoms with E-state index in [2.05, 4.69) is 57.3 Å². The zero-order valence-corrected chi connectivity index (χ0v) is 22.6. The SMILES string of the molecule is CC(C)c1cccc(C(C)C)c1NC(=O)N(CC(=O)N(Cc1ccccc1)Cc1cccs1)C1CC1. The first-order valence-electron chi connectivity index (χ1n) is 12.9. The molecule has 1 aromatic heterocycles. The number of amides is 3. The van der Waals surface area contributed by atoms with Gasteiger partial charge in [-0.2, -0.15) is 0 Å². The largest absolute Gasteiger partial charge is 0.332 e. The molecule has 3 amide bonds. The van der Waals surface area contributed by atoms with Crippen LogP contribution in [0.4, 0.5) is 10.5 Å². The molecule has 0 bridgehead atoms. The van der Waals surface area contributed by atoms with Gasteiger partial charge in [0.25, 0.3) is 0 Å². The highest BCUT2D eigenvalue weighted by atomic mass is 32.1. The van der Waals surface area contributed by atoms with E-state index in [1.807, 2.05) is 46.7 Å². The van der Waals surface area contributed by atoms with Crippen molar-refractivity contribution in [3.05, 3.63) is 87.6 Å². The summed E-state index contributed by atoms with van der Waals surface area (Å²) < 4.78 is 0. The number of carbonyl (C=O) groups is 2. The maximum Gasteiger partial charge on any atom is 0.322 e. The lowest BCUT2D eigenvalue weighted by atomic mass is 9.93. The number of para-hydroxylation sites is 1. The van der Waals surface area contributed by atoms with Crippen LogP contribution < -0.4 is 5.32 Å². The van der Waals surface area contributed by atoms with Gasteiger partial charge >= 0.3 is 6.03 Å². The molecule has 2 aromatic carbocycles. The lowest BCUT2D eigenvalue weighted by Gasteiger charge is -2.29. The summed E-state index contributed by atoms with van der Waals surface area (Å²) in [5.41, 5.74) is 4.22. The lowest BCUT2D eigenvalue weighted by Crippen LogP contribution is -2.45. The number of thiophene rings is 1. The molecule has 3 aromatic rings. The number of carbonyl (C=O) groups excluding carboxylic acids is 2. The van der Waals surface area contributed by atoms with E-state index in [1.54, 1.807) is 16.2 Å². The van der Waals surface area contributed by atoms with E-state index in [-0.39, 0.29) is 36.4 Å². The average Bonchev–Trinajstić information content (AvgIpc) is 3.57. The van der Waals surface area contributed by atoms with Crippen LogP contribution >= 0.6 is 11.3 Å². The van der Waals surface area contributed by atoms with Gasteiger partial charge < -0.3 is 15.1 Å². The normalized spacial score (nSPS) is 13.2. The number of urea groups is 1. The number of benzene rings is 2. The number of hydrogen-bond donors (Lipinski definition) is 1. The molecular formula is C30H37N3O2S. The van der Waals surface area contributed by atoms with Crippen LogP contribution in [-0.4, -0.2) is 34.3 Å². The Hall–Kier alpha value is -3.12. The second-order valence-corrected chi connectivity index (χ2v) is 11.3. The van der Waals surface area contributed by atoms with Crippen molar-refractivity contribution in [3.8, 4) is 0 Å². The highest BCUT2D eigenvalue weighted by Crippen LogP contribution is 2.34. The van der Waals surface area contributed by atoms with E-state index in [1.165, 1.54) is 0 Å². The van der Waals surface area contributed by atoms with Gasteiger partial charge in [0.2, 0.25) is 5.91 Å². The summed E-state index contributed by atoms with van der Waals surface area (Å²) in [6, 6.07) is 20.3. The fourth-order valence-electron chi connectivity index (χ4n) is 4.50. The molecule has 0 unspecified atom stereocenters. The quantitative estimate of drug-likeness (QED) is 0.317. The van der Waals surface area contributed by atoms with Crippen LogP contribution in [0.1, 0.15) is 73.9 Å². The monoisotopic (exact) mass is 503 g/mol. The minimum atomic E-state index is -0.184. The van der Waals surface area contributed by atoms with Gasteiger partial charge in [0.15, 0.2) is 0 Å². The molecular weight excluding hydrogens is 466 g/mol. The Balaban J connectivity index is 1.54. The van der Waals surface area contributed by atoms with E-state index < -0.39 is 0 Å². The van der Waals surface area contributed by atoms with Crippen molar-refractivity contribution in [1.29, 1.82) is 0 Å². The maximum atomic E-state index is 13.6. The van der Waals surface area contributed by atoms with Gasteiger partial charge in [-0.05, 0) is 52.8 Å². The fourth-order valence-corrected chi connectivity index (χ4v) is 5.22. The number of nitrogens with zero attached hydrogens (tertiary/aromatic N) is 2. The van der Waals surface area contributed by atoms with Gasteiger partial charge in [-0.3, -0.25) is 4.79 Å². The van der Waals surface area contributed by atoms with Crippen molar-refractivity contribution in [1.82, 2.24) is 9.80 Å². The van der Waals surface area contributed by atoms with Crippen LogP contribution in [0, 0.1) is 0 Å². The van der Waals surface area contributed by atoms with Gasteiger partial charge in [0.1, 0.15) is 6.54 Å². The van der Waals surface area contributed by atoms with Crippen molar-refractivity contribution in [2.45, 2.75) is 71.5 Å². The molecule has 0 atom stereocenters. The number of nitrogens with one attached hydrogen (secondary N) is 1. The van der Waals surface area contributed by atoms with Crippen molar-refractivity contribution in [2.24, 2.45) is 0 Å². The van der Waals surface area contributed by atoms with Crippen molar-refractivity contribution >= 4 is 29.0 Å². The van der Waals surface area contributed by atoms with E-state index in [9.17, 15) is 9.59 Å². The Labute approximate surface area is 219 Å². The van der Waals surface area contributed by atoms with Crippen LogP contribution in [0.15, 0.2) is 66.0 Å². The van der Waals surface area contributed by atoms with Gasteiger partial charge in [-0.15, -0.1) is 11.3 Å². The number of hydrogen-bond acceptors (Lipinski definition) is 3. The molecule has 5 nitrogen and oxygen atoms in total. The van der Waals surface area contributed by atoms with Gasteiger partial charge in [0.05, 0.1) is 6.54 Å². The summed E-state index contributed by atoms with van der Waals surface area (Å²) in [5.74, 6) is 0.528. The Morgan fingerprint density at radius 3 is 2.11 bits per heavy atom. The van der Waals surface area contributed by atoms with Gasteiger partial charge in [0, 0.05) is 23.2 Å². The summed E-state index contributed by atoms with van der Waals surface area (Å²) in [6.07, 6.45) is 1.88. The third-order valence-electron chi connectivity index (χ3n) is 6.65. The van der Waals surface area contributed by atoms with E-state index in [4.69, 9.17) is 0 Å². The minimum absolute atomic E-state index is 0.0319. The maximum absolute atomic E-state index is 13.6. The van der Waals surface area contributed by atoms with Gasteiger partial charge in [-0.25, -0.2) is 4.79 Å². The fraction of sp³-hybridized carbons (Fsp3) is 0.400. The molecule has 36 heavy (non-hydrogen) atoms. The second-order valence-electron chi connectivity index (χ2n) is 10.2. The van der Waals surface area contributed by atoms with E-state index in [0.29, 0.717) is 13.1 Å². The third-order valence-corrected chi connectivity index (χ3v) is 7.52. The summed E-state index contributed by atoms with van der Waals surface area (Å²) in [7, 11) is 0. The molecule has 1 N–H and O–H groups in total. The first kappa shape index (κ1) is 26.0. The molecule has 1 aliphatic rings. The summed E-state index contributed by atoms with van der Waals surface area (Å²) in [6.45, 7) is 9.71. The number of rotatable bonds is 10. The Morgan fingerprint density at radius 1 is 0.889 bits per heavy atom. The molecule has 190 valence electrons. The molecule has 1 aliphatic carbocycles. The van der Waals surface area contributed by atoms with Crippen molar-refractivity contribution in [3.63, 3.8) is 0 Å². The molecule has 1 fully saturated rings. The smallest absolute Gasteiger partial charge is 0.322 e. The summed E-state index contributed by atoms with van der Waals surface area (Å²) >= 11 is 1.65. The molecule has 0 saturated heterocycles. The van der Waals surface area contributed by atoms with Crippen LogP contribution in [0.2, 0.25) is 0 Å². The molecule has 1 saturated carbocycles. The minimum Gasteiger partial charge on any atom is -0.332 e. The van der Waals surface area contributed by atoms with Crippen LogP contribution in [0.3, 0.4) is 0 Å². The molecule has 0 radical (unpaired) electrons. The number of anilines is 1. The first-order valence-corrected chi connectivity index (χ1v) is 13.8. The third kappa shape index (κ3) is 6.55. The molecule has 4 rings (SSSR count). The zero-order valence-electron chi connectivity index (χ0n) is 21.7. The standard InChI is InChI=1S/C30H37N3O2S/c1-21(2)26-13-8-14-27(22(3)4)29(26)31-30(35)33(24-15-16-24)20-28(34)32(19-25-12-9-17-36-25)18-23-10-6-5-7-11-23/h5-14,17,21-22,24H,15-16,18-20H2,1-4H3,(H,31,35). The highest BCUT2D eigenvalue weighted by molar-refractivity contribution is 7.09. The zero-order chi connectivity index (χ0) is 25.7. The van der Waals surface area contributed by atoms with E-state index >= 15 is 0 Å². The lowest BCUT2D eigenvalue weighted by molar-refractivity contribution is -0.133. The first-order chi connectivity index (χ1) is 17.3. The predicted octanol–water partition coefficient (Wildman–Crippen LogP) is 7.22. The Morgan fingerprint density at radius 2 is 1.56 bits per heavy atom. The highest BCUT2D eigenvalue weighted by Gasteiger charge is 2.35. The second kappa shape index (κ2) is 11.7. The van der Waals surface area contributed by atoms with Crippen molar-refractivity contribution in [2.75, 3.05) is 11.9 Å². The average molecular weight is 504 g/mol. The van der Waals surface area contributed by atoms with Crippen LogP contribution in [0.5, 0.6) is 0 Å².